The van der Waals surface area contributed by atoms with Gasteiger partial charge < -0.3 is 11.1 Å². The molecule has 0 atom stereocenters. The van der Waals surface area contributed by atoms with Crippen molar-refractivity contribution in [2.75, 3.05) is 5.32 Å². The first kappa shape index (κ1) is 15.2. The lowest BCUT2D eigenvalue weighted by molar-refractivity contribution is 0.102. The summed E-state index contributed by atoms with van der Waals surface area (Å²) < 4.78 is 0. The average molecular weight is 298 g/mol. The van der Waals surface area contributed by atoms with Gasteiger partial charge in [-0.3, -0.25) is 4.79 Å². The fourth-order valence-electron chi connectivity index (χ4n) is 2.10. The maximum atomic E-state index is 12.4. The molecule has 0 saturated carbocycles. The van der Waals surface area contributed by atoms with Gasteiger partial charge in [-0.05, 0) is 49.6 Å². The summed E-state index contributed by atoms with van der Waals surface area (Å²) in [6.45, 7) is 5.87. The number of nitrogens with two attached hydrogens (primary N) is 1. The first-order valence-electron chi connectivity index (χ1n) is 6.68. The minimum atomic E-state index is -0.126. The van der Waals surface area contributed by atoms with Gasteiger partial charge in [0.15, 0.2) is 0 Å². The molecule has 0 fully saturated rings. The Bertz CT molecular complexity index is 723. The number of anilines is 1. The van der Waals surface area contributed by atoms with Crippen molar-refractivity contribution in [2.24, 2.45) is 5.73 Å². The van der Waals surface area contributed by atoms with Gasteiger partial charge in [0.25, 0.3) is 5.91 Å². The predicted octanol–water partition coefficient (Wildman–Crippen LogP) is 3.50. The van der Waals surface area contributed by atoms with Crippen LogP contribution in [0.3, 0.4) is 0 Å². The molecule has 2 aromatic carbocycles. The van der Waals surface area contributed by atoms with Crippen molar-refractivity contribution < 1.29 is 4.79 Å². The van der Waals surface area contributed by atoms with E-state index in [1.807, 2.05) is 51.1 Å². The maximum absolute atomic E-state index is 12.4. The summed E-state index contributed by atoms with van der Waals surface area (Å²) in [6, 6.07) is 11.3. The van der Waals surface area contributed by atoms with Crippen LogP contribution in [0.4, 0.5) is 5.69 Å². The van der Waals surface area contributed by atoms with Crippen LogP contribution in [0.5, 0.6) is 0 Å². The second kappa shape index (κ2) is 6.06. The van der Waals surface area contributed by atoms with Crippen molar-refractivity contribution in [3.63, 3.8) is 0 Å². The van der Waals surface area contributed by atoms with Crippen molar-refractivity contribution >= 4 is 28.8 Å². The van der Waals surface area contributed by atoms with Crippen molar-refractivity contribution in [2.45, 2.75) is 20.8 Å². The van der Waals surface area contributed by atoms with E-state index < -0.39 is 0 Å². The molecular formula is C17H18N2OS. The summed E-state index contributed by atoms with van der Waals surface area (Å²) >= 11 is 4.97. The normalized spacial score (nSPS) is 10.2. The van der Waals surface area contributed by atoms with E-state index in [1.165, 1.54) is 0 Å². The Kier molecular flexibility index (Phi) is 4.38. The number of nitrogens with one attached hydrogen (secondary N) is 1. The molecule has 0 aliphatic heterocycles. The monoisotopic (exact) mass is 298 g/mol. The molecule has 1 amide bonds. The predicted molar refractivity (Wildman–Crippen MR) is 90.9 cm³/mol. The Morgan fingerprint density at radius 2 is 1.81 bits per heavy atom. The van der Waals surface area contributed by atoms with Crippen LogP contribution in [0.2, 0.25) is 0 Å². The summed E-state index contributed by atoms with van der Waals surface area (Å²) in [7, 11) is 0. The maximum Gasteiger partial charge on any atom is 0.255 e. The SMILES string of the molecule is Cc1ccc(C(N)=S)cc1NC(=O)c1cccc(C)c1C. The molecule has 0 bridgehead atoms. The molecule has 0 aromatic heterocycles. The second-order valence-corrected chi connectivity index (χ2v) is 5.54. The molecule has 3 nitrogen and oxygen atoms in total. The van der Waals surface area contributed by atoms with E-state index in [0.717, 1.165) is 27.9 Å². The summed E-state index contributed by atoms with van der Waals surface area (Å²) in [5.41, 5.74) is 10.8. The van der Waals surface area contributed by atoms with Crippen LogP contribution in [-0.2, 0) is 0 Å². The van der Waals surface area contributed by atoms with E-state index in [2.05, 4.69) is 5.32 Å². The zero-order valence-electron chi connectivity index (χ0n) is 12.4. The van der Waals surface area contributed by atoms with Crippen molar-refractivity contribution in [3.05, 3.63) is 64.2 Å². The minimum Gasteiger partial charge on any atom is -0.389 e. The molecule has 0 unspecified atom stereocenters. The molecule has 0 heterocycles. The topological polar surface area (TPSA) is 55.1 Å². The van der Waals surface area contributed by atoms with E-state index in [-0.39, 0.29) is 5.91 Å². The lowest BCUT2D eigenvalue weighted by Gasteiger charge is -2.12. The quantitative estimate of drug-likeness (QED) is 0.853. The zero-order valence-corrected chi connectivity index (χ0v) is 13.2. The number of thiocarbonyl (C=S) groups is 1. The molecule has 0 saturated heterocycles. The van der Waals surface area contributed by atoms with Crippen LogP contribution in [-0.4, -0.2) is 10.9 Å². The van der Waals surface area contributed by atoms with Gasteiger partial charge >= 0.3 is 0 Å². The van der Waals surface area contributed by atoms with Gasteiger partial charge in [0, 0.05) is 16.8 Å². The van der Waals surface area contributed by atoms with Gasteiger partial charge in [-0.2, -0.15) is 0 Å². The van der Waals surface area contributed by atoms with Gasteiger partial charge in [-0.15, -0.1) is 0 Å². The fraction of sp³-hybridized carbons (Fsp3) is 0.176. The van der Waals surface area contributed by atoms with Crippen LogP contribution in [0.1, 0.15) is 32.6 Å². The summed E-state index contributed by atoms with van der Waals surface area (Å²) in [6.07, 6.45) is 0. The Hall–Kier alpha value is -2.20. The van der Waals surface area contributed by atoms with Crippen molar-refractivity contribution in [3.8, 4) is 0 Å². The third kappa shape index (κ3) is 3.28. The van der Waals surface area contributed by atoms with Crippen LogP contribution in [0.25, 0.3) is 0 Å². The molecule has 0 spiro atoms. The highest BCUT2D eigenvalue weighted by atomic mass is 32.1. The van der Waals surface area contributed by atoms with E-state index in [9.17, 15) is 4.79 Å². The van der Waals surface area contributed by atoms with Crippen LogP contribution in [0, 0.1) is 20.8 Å². The Morgan fingerprint density at radius 3 is 2.48 bits per heavy atom. The molecular weight excluding hydrogens is 280 g/mol. The van der Waals surface area contributed by atoms with Gasteiger partial charge in [-0.25, -0.2) is 0 Å². The lowest BCUT2D eigenvalue weighted by Crippen LogP contribution is -2.16. The largest absolute Gasteiger partial charge is 0.389 e. The average Bonchev–Trinajstić information content (AvgIpc) is 2.43. The Morgan fingerprint density at radius 1 is 1.10 bits per heavy atom. The van der Waals surface area contributed by atoms with Crippen molar-refractivity contribution in [1.29, 1.82) is 0 Å². The first-order chi connectivity index (χ1) is 9.90. The highest BCUT2D eigenvalue weighted by Crippen LogP contribution is 2.20. The van der Waals surface area contributed by atoms with Gasteiger partial charge in [-0.1, -0.05) is 36.5 Å². The number of benzene rings is 2. The lowest BCUT2D eigenvalue weighted by atomic mass is 10.0. The number of carbonyl (C=O) groups excluding carboxylic acids is 1. The van der Waals surface area contributed by atoms with Crippen LogP contribution in [0.15, 0.2) is 36.4 Å². The molecule has 2 rings (SSSR count). The van der Waals surface area contributed by atoms with Gasteiger partial charge in [0.1, 0.15) is 4.99 Å². The minimum absolute atomic E-state index is 0.126. The zero-order chi connectivity index (χ0) is 15.6. The molecule has 0 radical (unpaired) electrons. The smallest absolute Gasteiger partial charge is 0.255 e. The third-order valence-electron chi connectivity index (χ3n) is 3.62. The second-order valence-electron chi connectivity index (χ2n) is 5.10. The highest BCUT2D eigenvalue weighted by molar-refractivity contribution is 7.80. The van der Waals surface area contributed by atoms with E-state index in [1.54, 1.807) is 6.07 Å². The standard InChI is InChI=1S/C17H18N2OS/c1-10-5-4-6-14(12(10)3)17(20)19-15-9-13(16(18)21)8-7-11(15)2/h4-9H,1-3H3,(H2,18,21)(H,19,20). The van der Waals surface area contributed by atoms with E-state index in [0.29, 0.717) is 10.6 Å². The van der Waals surface area contributed by atoms with Crippen LogP contribution < -0.4 is 11.1 Å². The summed E-state index contributed by atoms with van der Waals surface area (Å²) in [4.78, 5) is 12.8. The molecule has 0 aliphatic carbocycles. The van der Waals surface area contributed by atoms with Crippen LogP contribution >= 0.6 is 12.2 Å². The number of hydrogen-bond acceptors (Lipinski definition) is 2. The van der Waals surface area contributed by atoms with Gasteiger partial charge in [0.05, 0.1) is 0 Å². The molecule has 108 valence electrons. The number of rotatable bonds is 3. The summed E-state index contributed by atoms with van der Waals surface area (Å²) in [5, 5.41) is 2.94. The number of aryl methyl sites for hydroxylation is 2. The molecule has 2 aromatic rings. The Labute approximate surface area is 130 Å². The Balaban J connectivity index is 2.33. The first-order valence-corrected chi connectivity index (χ1v) is 7.09. The molecule has 0 aliphatic rings. The number of carbonyl (C=O) groups is 1. The number of amides is 1. The molecule has 21 heavy (non-hydrogen) atoms. The fourth-order valence-corrected chi connectivity index (χ4v) is 2.22. The van der Waals surface area contributed by atoms with Crippen molar-refractivity contribution in [1.82, 2.24) is 0 Å². The van der Waals surface area contributed by atoms with Gasteiger partial charge in [0.2, 0.25) is 0 Å². The van der Waals surface area contributed by atoms with E-state index in [4.69, 9.17) is 18.0 Å². The highest BCUT2D eigenvalue weighted by Gasteiger charge is 2.12. The summed E-state index contributed by atoms with van der Waals surface area (Å²) in [5.74, 6) is -0.126. The van der Waals surface area contributed by atoms with E-state index >= 15 is 0 Å². The third-order valence-corrected chi connectivity index (χ3v) is 3.86. The molecule has 4 heteroatoms. The molecule has 3 N–H and O–H groups in total. The number of hydrogen-bond donors (Lipinski definition) is 2.